The SMILES string of the molecule is CC(C)OC1C2=C(CCCC2)C(=O)N1Cc1ccccc1. The highest BCUT2D eigenvalue weighted by Gasteiger charge is 2.40. The number of carbonyl (C=O) groups excluding carboxylic acids is 1. The van der Waals surface area contributed by atoms with E-state index < -0.39 is 0 Å². The number of nitrogens with zero attached hydrogens (tertiary/aromatic N) is 1. The van der Waals surface area contributed by atoms with Crippen molar-refractivity contribution in [2.45, 2.75) is 58.4 Å². The first-order chi connectivity index (χ1) is 10.2. The molecule has 0 saturated heterocycles. The third-order valence-electron chi connectivity index (χ3n) is 4.21. The molecule has 3 rings (SSSR count). The van der Waals surface area contributed by atoms with Gasteiger partial charge < -0.3 is 9.64 Å². The van der Waals surface area contributed by atoms with Crippen molar-refractivity contribution in [1.29, 1.82) is 0 Å². The predicted octanol–water partition coefficient (Wildman–Crippen LogP) is 3.65. The van der Waals surface area contributed by atoms with Crippen molar-refractivity contribution in [3.8, 4) is 0 Å². The van der Waals surface area contributed by atoms with Gasteiger partial charge in [0.05, 0.1) is 6.10 Å². The van der Waals surface area contributed by atoms with E-state index in [9.17, 15) is 4.79 Å². The first-order valence-electron chi connectivity index (χ1n) is 7.89. The van der Waals surface area contributed by atoms with Gasteiger partial charge in [-0.1, -0.05) is 30.3 Å². The van der Waals surface area contributed by atoms with Crippen LogP contribution in [0.3, 0.4) is 0 Å². The number of hydrogen-bond donors (Lipinski definition) is 0. The molecule has 0 fully saturated rings. The monoisotopic (exact) mass is 285 g/mol. The van der Waals surface area contributed by atoms with Crippen LogP contribution in [0.5, 0.6) is 0 Å². The maximum Gasteiger partial charge on any atom is 0.252 e. The first kappa shape index (κ1) is 14.3. The Bertz CT molecular complexity index is 548. The van der Waals surface area contributed by atoms with Crippen LogP contribution < -0.4 is 0 Å². The van der Waals surface area contributed by atoms with Crippen LogP contribution in [-0.2, 0) is 16.1 Å². The Morgan fingerprint density at radius 2 is 1.90 bits per heavy atom. The number of amides is 1. The maximum atomic E-state index is 12.7. The number of rotatable bonds is 4. The zero-order valence-corrected chi connectivity index (χ0v) is 12.8. The Morgan fingerprint density at radius 1 is 1.19 bits per heavy atom. The molecule has 0 aromatic heterocycles. The van der Waals surface area contributed by atoms with E-state index in [-0.39, 0.29) is 18.2 Å². The van der Waals surface area contributed by atoms with Gasteiger partial charge >= 0.3 is 0 Å². The number of carbonyl (C=O) groups is 1. The van der Waals surface area contributed by atoms with E-state index in [0.29, 0.717) is 6.54 Å². The highest BCUT2D eigenvalue weighted by atomic mass is 16.5. The molecule has 1 aromatic rings. The predicted molar refractivity (Wildman–Crippen MR) is 82.5 cm³/mol. The molecule has 1 heterocycles. The van der Waals surface area contributed by atoms with Crippen LogP contribution in [0.2, 0.25) is 0 Å². The Morgan fingerprint density at radius 3 is 2.62 bits per heavy atom. The van der Waals surface area contributed by atoms with Gasteiger partial charge in [0.1, 0.15) is 0 Å². The van der Waals surface area contributed by atoms with Crippen LogP contribution >= 0.6 is 0 Å². The molecule has 1 atom stereocenters. The molecule has 2 aliphatic rings. The zero-order chi connectivity index (χ0) is 14.8. The van der Waals surface area contributed by atoms with Gasteiger partial charge in [-0.25, -0.2) is 0 Å². The van der Waals surface area contributed by atoms with Gasteiger partial charge in [-0.15, -0.1) is 0 Å². The molecular formula is C18H23NO2. The van der Waals surface area contributed by atoms with Gasteiger partial charge in [0.2, 0.25) is 0 Å². The number of benzene rings is 1. The molecule has 1 aliphatic heterocycles. The van der Waals surface area contributed by atoms with Crippen LogP contribution in [0.4, 0.5) is 0 Å². The fraction of sp³-hybridized carbons (Fsp3) is 0.500. The second kappa shape index (κ2) is 6.02. The van der Waals surface area contributed by atoms with E-state index >= 15 is 0 Å². The summed E-state index contributed by atoms with van der Waals surface area (Å²) < 4.78 is 6.08. The van der Waals surface area contributed by atoms with Gasteiger partial charge in [-0.2, -0.15) is 0 Å². The summed E-state index contributed by atoms with van der Waals surface area (Å²) in [5.74, 6) is 0.180. The van der Waals surface area contributed by atoms with Gasteiger partial charge in [-0.3, -0.25) is 4.79 Å². The molecule has 21 heavy (non-hydrogen) atoms. The summed E-state index contributed by atoms with van der Waals surface area (Å²) in [5, 5.41) is 0. The van der Waals surface area contributed by atoms with Crippen LogP contribution in [0.1, 0.15) is 45.1 Å². The molecular weight excluding hydrogens is 262 g/mol. The molecule has 3 heteroatoms. The van der Waals surface area contributed by atoms with Crippen molar-refractivity contribution in [1.82, 2.24) is 4.90 Å². The van der Waals surface area contributed by atoms with E-state index in [1.165, 1.54) is 12.0 Å². The summed E-state index contributed by atoms with van der Waals surface area (Å²) in [4.78, 5) is 14.6. The van der Waals surface area contributed by atoms with E-state index in [4.69, 9.17) is 4.74 Å². The third kappa shape index (κ3) is 2.88. The highest BCUT2D eigenvalue weighted by molar-refractivity contribution is 5.97. The van der Waals surface area contributed by atoms with Gasteiger partial charge in [-0.05, 0) is 50.7 Å². The summed E-state index contributed by atoms with van der Waals surface area (Å²) >= 11 is 0. The van der Waals surface area contributed by atoms with Crippen molar-refractivity contribution < 1.29 is 9.53 Å². The highest BCUT2D eigenvalue weighted by Crippen LogP contribution is 2.38. The molecule has 0 radical (unpaired) electrons. The smallest absolute Gasteiger partial charge is 0.252 e. The third-order valence-corrected chi connectivity index (χ3v) is 4.21. The average Bonchev–Trinajstić information content (AvgIpc) is 2.74. The molecule has 3 nitrogen and oxygen atoms in total. The molecule has 0 saturated carbocycles. The first-order valence-corrected chi connectivity index (χ1v) is 7.89. The van der Waals surface area contributed by atoms with Crippen LogP contribution in [0, 0.1) is 0 Å². The summed E-state index contributed by atoms with van der Waals surface area (Å²) in [7, 11) is 0. The van der Waals surface area contributed by atoms with E-state index in [0.717, 1.165) is 30.4 Å². The van der Waals surface area contributed by atoms with Gasteiger partial charge in [0.15, 0.2) is 6.23 Å². The van der Waals surface area contributed by atoms with Gasteiger partial charge in [0, 0.05) is 12.1 Å². The standard InChI is InChI=1S/C18H23NO2/c1-13(2)21-18-16-11-7-6-10-15(16)17(20)19(18)12-14-8-4-3-5-9-14/h3-5,8-9,13,18H,6-7,10-12H2,1-2H3. The maximum absolute atomic E-state index is 12.7. The molecule has 1 aromatic carbocycles. The lowest BCUT2D eigenvalue weighted by Gasteiger charge is -2.29. The van der Waals surface area contributed by atoms with E-state index in [1.807, 2.05) is 36.9 Å². The van der Waals surface area contributed by atoms with Crippen molar-refractivity contribution in [3.63, 3.8) is 0 Å². The molecule has 1 aliphatic carbocycles. The quantitative estimate of drug-likeness (QED) is 0.845. The Labute approximate surface area is 126 Å². The van der Waals surface area contributed by atoms with Crippen LogP contribution in [-0.4, -0.2) is 23.1 Å². The van der Waals surface area contributed by atoms with E-state index in [2.05, 4.69) is 12.1 Å². The fourth-order valence-electron chi connectivity index (χ4n) is 3.26. The Kier molecular flexibility index (Phi) is 4.11. The zero-order valence-electron chi connectivity index (χ0n) is 12.8. The molecule has 1 amide bonds. The Hall–Kier alpha value is -1.61. The molecule has 1 unspecified atom stereocenters. The minimum absolute atomic E-state index is 0.120. The molecule has 0 spiro atoms. The van der Waals surface area contributed by atoms with Crippen LogP contribution in [0.25, 0.3) is 0 Å². The van der Waals surface area contributed by atoms with E-state index in [1.54, 1.807) is 0 Å². The summed E-state index contributed by atoms with van der Waals surface area (Å²) in [6.45, 7) is 4.70. The minimum Gasteiger partial charge on any atom is -0.352 e. The summed E-state index contributed by atoms with van der Waals surface area (Å²) in [6, 6.07) is 10.2. The molecule has 0 bridgehead atoms. The second-order valence-corrected chi connectivity index (χ2v) is 6.17. The number of hydrogen-bond acceptors (Lipinski definition) is 2. The van der Waals surface area contributed by atoms with Crippen molar-refractivity contribution >= 4 is 5.91 Å². The summed E-state index contributed by atoms with van der Waals surface area (Å²) in [6.07, 6.45) is 4.17. The molecule has 0 N–H and O–H groups in total. The lowest BCUT2D eigenvalue weighted by Crippen LogP contribution is -2.38. The average molecular weight is 285 g/mol. The van der Waals surface area contributed by atoms with Crippen LogP contribution in [0.15, 0.2) is 41.5 Å². The Balaban J connectivity index is 1.86. The lowest BCUT2D eigenvalue weighted by molar-refractivity contribution is -0.139. The van der Waals surface area contributed by atoms with Crippen molar-refractivity contribution in [3.05, 3.63) is 47.0 Å². The van der Waals surface area contributed by atoms with Crippen molar-refractivity contribution in [2.24, 2.45) is 0 Å². The molecule has 112 valence electrons. The lowest BCUT2D eigenvalue weighted by atomic mass is 9.93. The van der Waals surface area contributed by atoms with Gasteiger partial charge in [0.25, 0.3) is 5.91 Å². The second-order valence-electron chi connectivity index (χ2n) is 6.17. The normalized spacial score (nSPS) is 22.1. The fourth-order valence-corrected chi connectivity index (χ4v) is 3.26. The minimum atomic E-state index is -0.159. The largest absolute Gasteiger partial charge is 0.352 e. The summed E-state index contributed by atoms with van der Waals surface area (Å²) in [5.41, 5.74) is 3.40. The topological polar surface area (TPSA) is 29.5 Å². The van der Waals surface area contributed by atoms with Crippen molar-refractivity contribution in [2.75, 3.05) is 0 Å². The number of ether oxygens (including phenoxy) is 1.